The Kier molecular flexibility index (Phi) is 3.08. The molecule has 0 saturated carbocycles. The smallest absolute Gasteiger partial charge is 0.235 e. The van der Waals surface area contributed by atoms with Crippen LogP contribution in [0.1, 0.15) is 25.8 Å². The lowest BCUT2D eigenvalue weighted by Gasteiger charge is -2.17. The second kappa shape index (κ2) is 4.26. The summed E-state index contributed by atoms with van der Waals surface area (Å²) < 4.78 is 0.952. The molecule has 2 amide bonds. The molecule has 4 heteroatoms. The number of hydrogen-bond donors (Lipinski definition) is 0. The van der Waals surface area contributed by atoms with Crippen LogP contribution in [0.15, 0.2) is 28.7 Å². The van der Waals surface area contributed by atoms with E-state index in [9.17, 15) is 9.59 Å². The fourth-order valence-electron chi connectivity index (χ4n) is 2.01. The largest absolute Gasteiger partial charge is 0.278 e. The van der Waals surface area contributed by atoms with Crippen molar-refractivity contribution in [2.24, 2.45) is 5.41 Å². The molecule has 1 aromatic carbocycles. The number of likely N-dealkylation sites (tertiary alicyclic amines) is 1. The third-order valence-corrected chi connectivity index (χ3v) is 3.44. The molecule has 1 aromatic rings. The van der Waals surface area contributed by atoms with E-state index in [0.717, 1.165) is 10.0 Å². The first-order valence-electron chi connectivity index (χ1n) is 5.49. The normalized spacial score (nSPS) is 18.9. The molecule has 0 aliphatic carbocycles. The van der Waals surface area contributed by atoms with E-state index in [2.05, 4.69) is 15.9 Å². The van der Waals surface area contributed by atoms with Crippen LogP contribution in [0.4, 0.5) is 0 Å². The molecule has 2 rings (SSSR count). The van der Waals surface area contributed by atoms with Gasteiger partial charge in [-0.1, -0.05) is 41.9 Å². The highest BCUT2D eigenvalue weighted by atomic mass is 79.9. The number of carbonyl (C=O) groups is 2. The second-order valence-electron chi connectivity index (χ2n) is 4.98. The lowest BCUT2D eigenvalue weighted by atomic mass is 9.92. The first kappa shape index (κ1) is 12.3. The average Bonchev–Trinajstić information content (AvgIpc) is 2.41. The zero-order valence-electron chi connectivity index (χ0n) is 9.87. The van der Waals surface area contributed by atoms with Crippen LogP contribution in [0.5, 0.6) is 0 Å². The van der Waals surface area contributed by atoms with Crippen molar-refractivity contribution in [3.63, 3.8) is 0 Å². The first-order valence-corrected chi connectivity index (χ1v) is 6.29. The van der Waals surface area contributed by atoms with Crippen LogP contribution in [-0.2, 0) is 16.1 Å². The van der Waals surface area contributed by atoms with Crippen LogP contribution in [0.25, 0.3) is 0 Å². The van der Waals surface area contributed by atoms with Crippen LogP contribution in [0.2, 0.25) is 0 Å². The van der Waals surface area contributed by atoms with Crippen molar-refractivity contribution in [3.05, 3.63) is 34.3 Å². The average molecular weight is 296 g/mol. The SMILES string of the molecule is CC1(C)CC(=O)N(Cc2cccc(Br)c2)C1=O. The number of hydrogen-bond acceptors (Lipinski definition) is 2. The summed E-state index contributed by atoms with van der Waals surface area (Å²) in [7, 11) is 0. The van der Waals surface area contributed by atoms with Gasteiger partial charge in [-0.15, -0.1) is 0 Å². The van der Waals surface area contributed by atoms with Gasteiger partial charge in [-0.2, -0.15) is 0 Å². The molecule has 0 unspecified atom stereocenters. The quantitative estimate of drug-likeness (QED) is 0.787. The Balaban J connectivity index is 2.20. The van der Waals surface area contributed by atoms with Gasteiger partial charge in [0, 0.05) is 10.9 Å². The number of rotatable bonds is 2. The molecule has 0 aromatic heterocycles. The maximum atomic E-state index is 12.0. The molecule has 1 aliphatic rings. The summed E-state index contributed by atoms with van der Waals surface area (Å²) in [6, 6.07) is 7.65. The maximum absolute atomic E-state index is 12.0. The molecule has 90 valence electrons. The molecule has 1 saturated heterocycles. The monoisotopic (exact) mass is 295 g/mol. The van der Waals surface area contributed by atoms with Gasteiger partial charge in [-0.25, -0.2) is 0 Å². The Hall–Kier alpha value is -1.16. The van der Waals surface area contributed by atoms with Crippen molar-refractivity contribution in [2.75, 3.05) is 0 Å². The van der Waals surface area contributed by atoms with Crippen LogP contribution in [-0.4, -0.2) is 16.7 Å². The third kappa shape index (κ3) is 2.41. The number of amides is 2. The van der Waals surface area contributed by atoms with Gasteiger partial charge < -0.3 is 0 Å². The Morgan fingerprint density at radius 2 is 2.06 bits per heavy atom. The second-order valence-corrected chi connectivity index (χ2v) is 5.89. The minimum absolute atomic E-state index is 0.0810. The zero-order chi connectivity index (χ0) is 12.6. The van der Waals surface area contributed by atoms with Gasteiger partial charge in [0.05, 0.1) is 12.0 Å². The van der Waals surface area contributed by atoms with E-state index in [-0.39, 0.29) is 11.8 Å². The fraction of sp³-hybridized carbons (Fsp3) is 0.385. The van der Waals surface area contributed by atoms with Gasteiger partial charge in [0.15, 0.2) is 0 Å². The van der Waals surface area contributed by atoms with Crippen LogP contribution in [0.3, 0.4) is 0 Å². The number of carbonyl (C=O) groups excluding carboxylic acids is 2. The van der Waals surface area contributed by atoms with Gasteiger partial charge >= 0.3 is 0 Å². The number of imide groups is 1. The summed E-state index contributed by atoms with van der Waals surface area (Å²) in [6.45, 7) is 3.99. The predicted molar refractivity (Wildman–Crippen MR) is 68.1 cm³/mol. The van der Waals surface area contributed by atoms with Gasteiger partial charge in [0.2, 0.25) is 11.8 Å². The number of nitrogens with zero attached hydrogens (tertiary/aromatic N) is 1. The molecular formula is C13H14BrNO2. The van der Waals surface area contributed by atoms with Crippen molar-refractivity contribution in [1.29, 1.82) is 0 Å². The van der Waals surface area contributed by atoms with E-state index in [4.69, 9.17) is 0 Å². The molecular weight excluding hydrogens is 282 g/mol. The standard InChI is InChI=1S/C13H14BrNO2/c1-13(2)7-11(16)15(12(13)17)8-9-4-3-5-10(14)6-9/h3-6H,7-8H2,1-2H3. The highest BCUT2D eigenvalue weighted by Crippen LogP contribution is 2.32. The Morgan fingerprint density at radius 3 is 2.59 bits per heavy atom. The van der Waals surface area contributed by atoms with Crippen molar-refractivity contribution < 1.29 is 9.59 Å². The van der Waals surface area contributed by atoms with E-state index in [1.54, 1.807) is 0 Å². The Morgan fingerprint density at radius 1 is 1.35 bits per heavy atom. The molecule has 0 spiro atoms. The highest BCUT2D eigenvalue weighted by Gasteiger charge is 2.44. The molecule has 3 nitrogen and oxygen atoms in total. The predicted octanol–water partition coefficient (Wildman–Crippen LogP) is 2.73. The Bertz CT molecular complexity index is 482. The maximum Gasteiger partial charge on any atom is 0.235 e. The van der Waals surface area contributed by atoms with Gasteiger partial charge in [-0.3, -0.25) is 14.5 Å². The van der Waals surface area contributed by atoms with Crippen LogP contribution in [0, 0.1) is 5.41 Å². The molecule has 1 fully saturated rings. The van der Waals surface area contributed by atoms with Crippen LogP contribution >= 0.6 is 15.9 Å². The molecule has 0 bridgehead atoms. The Labute approximate surface area is 109 Å². The molecule has 17 heavy (non-hydrogen) atoms. The summed E-state index contributed by atoms with van der Waals surface area (Å²) in [6.07, 6.45) is 0.305. The molecule has 1 heterocycles. The summed E-state index contributed by atoms with van der Waals surface area (Å²) in [4.78, 5) is 25.2. The van der Waals surface area contributed by atoms with E-state index in [1.165, 1.54) is 4.90 Å². The lowest BCUT2D eigenvalue weighted by Crippen LogP contribution is -2.32. The molecule has 0 atom stereocenters. The van der Waals surface area contributed by atoms with Crippen molar-refractivity contribution >= 4 is 27.7 Å². The van der Waals surface area contributed by atoms with E-state index >= 15 is 0 Å². The molecule has 0 radical (unpaired) electrons. The fourth-order valence-corrected chi connectivity index (χ4v) is 2.45. The van der Waals surface area contributed by atoms with E-state index in [0.29, 0.717) is 13.0 Å². The minimum atomic E-state index is -0.552. The van der Waals surface area contributed by atoms with Crippen LogP contribution < -0.4 is 0 Å². The van der Waals surface area contributed by atoms with Crippen molar-refractivity contribution in [2.45, 2.75) is 26.8 Å². The third-order valence-electron chi connectivity index (χ3n) is 2.95. The topological polar surface area (TPSA) is 37.4 Å². The molecule has 1 aliphatic heterocycles. The minimum Gasteiger partial charge on any atom is -0.278 e. The summed E-state index contributed by atoms with van der Waals surface area (Å²) >= 11 is 3.38. The van der Waals surface area contributed by atoms with E-state index < -0.39 is 5.41 Å². The number of halogens is 1. The van der Waals surface area contributed by atoms with Crippen molar-refractivity contribution in [3.8, 4) is 0 Å². The zero-order valence-corrected chi connectivity index (χ0v) is 11.5. The highest BCUT2D eigenvalue weighted by molar-refractivity contribution is 9.10. The van der Waals surface area contributed by atoms with Gasteiger partial charge in [0.25, 0.3) is 0 Å². The molecule has 0 N–H and O–H groups in total. The summed E-state index contributed by atoms with van der Waals surface area (Å²) in [5.41, 5.74) is 0.405. The first-order chi connectivity index (χ1) is 7.90. The number of benzene rings is 1. The van der Waals surface area contributed by atoms with Gasteiger partial charge in [-0.05, 0) is 17.7 Å². The van der Waals surface area contributed by atoms with Gasteiger partial charge in [0.1, 0.15) is 0 Å². The lowest BCUT2D eigenvalue weighted by molar-refractivity contribution is -0.141. The van der Waals surface area contributed by atoms with E-state index in [1.807, 2.05) is 38.1 Å². The summed E-state index contributed by atoms with van der Waals surface area (Å²) in [5, 5.41) is 0. The summed E-state index contributed by atoms with van der Waals surface area (Å²) in [5.74, 6) is -0.164. The van der Waals surface area contributed by atoms with Crippen molar-refractivity contribution in [1.82, 2.24) is 4.90 Å².